The molecular formula is C23H26ClN5O2. The summed E-state index contributed by atoms with van der Waals surface area (Å²) in [7, 11) is 0. The van der Waals surface area contributed by atoms with Crippen LogP contribution in [0.4, 0.5) is 5.69 Å². The number of aromatic nitrogens is 3. The maximum atomic E-state index is 13.1. The van der Waals surface area contributed by atoms with Gasteiger partial charge in [-0.1, -0.05) is 11.6 Å². The number of aryl methyl sites for hydroxylation is 1. The Hall–Kier alpha value is -2.93. The first kappa shape index (κ1) is 21.3. The van der Waals surface area contributed by atoms with Crippen LogP contribution in [0.2, 0.25) is 5.02 Å². The number of rotatable bonds is 4. The number of amides is 2. The third-order valence-electron chi connectivity index (χ3n) is 5.60. The van der Waals surface area contributed by atoms with Gasteiger partial charge in [0.05, 0.1) is 28.7 Å². The van der Waals surface area contributed by atoms with Crippen LogP contribution in [0.5, 0.6) is 0 Å². The molecule has 1 N–H and O–H groups in total. The molecule has 0 spiro atoms. The zero-order valence-corrected chi connectivity index (χ0v) is 18.7. The zero-order chi connectivity index (χ0) is 22.1. The van der Waals surface area contributed by atoms with Crippen molar-refractivity contribution in [3.63, 3.8) is 0 Å². The maximum absolute atomic E-state index is 13.1. The van der Waals surface area contributed by atoms with Crippen LogP contribution in [0.25, 0.3) is 11.0 Å². The Balaban J connectivity index is 1.65. The molecule has 1 saturated heterocycles. The minimum Gasteiger partial charge on any atom is -0.339 e. The van der Waals surface area contributed by atoms with Crippen LogP contribution < -0.4 is 5.32 Å². The number of nitrogens with zero attached hydrogens (tertiary/aromatic N) is 4. The molecule has 3 heterocycles. The largest absolute Gasteiger partial charge is 0.339 e. The van der Waals surface area contributed by atoms with Crippen LogP contribution in [0.3, 0.4) is 0 Å². The van der Waals surface area contributed by atoms with Crippen molar-refractivity contribution in [3.8, 4) is 0 Å². The van der Waals surface area contributed by atoms with E-state index in [0.29, 0.717) is 27.5 Å². The number of carbonyl (C=O) groups is 2. The minimum atomic E-state index is -0.334. The summed E-state index contributed by atoms with van der Waals surface area (Å²) in [6.07, 6.45) is 4.84. The van der Waals surface area contributed by atoms with Gasteiger partial charge in [0.2, 0.25) is 0 Å². The highest BCUT2D eigenvalue weighted by atomic mass is 35.5. The van der Waals surface area contributed by atoms with Gasteiger partial charge in [-0.2, -0.15) is 5.10 Å². The average molecular weight is 440 g/mol. The Morgan fingerprint density at radius 2 is 1.84 bits per heavy atom. The SMILES string of the molecule is Cc1nc2c(cnn2C(C)C)cc1C(=O)Nc1cc(Cl)ccc1C(=O)N1CCCCC1. The predicted octanol–water partition coefficient (Wildman–Crippen LogP) is 4.85. The fourth-order valence-electron chi connectivity index (χ4n) is 3.94. The minimum absolute atomic E-state index is 0.0878. The van der Waals surface area contributed by atoms with E-state index >= 15 is 0 Å². The monoisotopic (exact) mass is 439 g/mol. The molecule has 2 aromatic heterocycles. The number of carbonyl (C=O) groups excluding carboxylic acids is 2. The Bertz CT molecular complexity index is 1150. The number of benzene rings is 1. The molecule has 7 nitrogen and oxygen atoms in total. The van der Waals surface area contributed by atoms with Crippen molar-refractivity contribution < 1.29 is 9.59 Å². The lowest BCUT2D eigenvalue weighted by molar-refractivity contribution is 0.0725. The van der Waals surface area contributed by atoms with E-state index in [4.69, 9.17) is 11.6 Å². The van der Waals surface area contributed by atoms with E-state index in [0.717, 1.165) is 43.4 Å². The molecule has 1 aliphatic heterocycles. The summed E-state index contributed by atoms with van der Waals surface area (Å²) < 4.78 is 1.83. The fourth-order valence-corrected chi connectivity index (χ4v) is 4.11. The summed E-state index contributed by atoms with van der Waals surface area (Å²) in [5.41, 5.74) is 2.63. The Kier molecular flexibility index (Phi) is 5.96. The molecule has 0 saturated carbocycles. The van der Waals surface area contributed by atoms with Gasteiger partial charge in [0.15, 0.2) is 5.65 Å². The Morgan fingerprint density at radius 3 is 2.55 bits per heavy atom. The van der Waals surface area contributed by atoms with Crippen LogP contribution in [0.1, 0.15) is 65.6 Å². The maximum Gasteiger partial charge on any atom is 0.257 e. The molecule has 1 aliphatic rings. The highest BCUT2D eigenvalue weighted by molar-refractivity contribution is 6.31. The van der Waals surface area contributed by atoms with E-state index in [9.17, 15) is 9.59 Å². The lowest BCUT2D eigenvalue weighted by Gasteiger charge is -2.27. The number of nitrogens with one attached hydrogen (secondary N) is 1. The molecule has 162 valence electrons. The van der Waals surface area contributed by atoms with E-state index < -0.39 is 0 Å². The molecule has 31 heavy (non-hydrogen) atoms. The number of pyridine rings is 1. The number of hydrogen-bond acceptors (Lipinski definition) is 4. The summed E-state index contributed by atoms with van der Waals surface area (Å²) in [5, 5.41) is 8.51. The van der Waals surface area contributed by atoms with Gasteiger partial charge in [-0.05, 0) is 64.3 Å². The van der Waals surface area contributed by atoms with E-state index in [1.165, 1.54) is 0 Å². The van der Waals surface area contributed by atoms with Crippen molar-refractivity contribution in [1.82, 2.24) is 19.7 Å². The van der Waals surface area contributed by atoms with Crippen LogP contribution in [0, 0.1) is 6.92 Å². The van der Waals surface area contributed by atoms with E-state index in [1.807, 2.05) is 23.4 Å². The first-order chi connectivity index (χ1) is 14.8. The van der Waals surface area contributed by atoms with Crippen molar-refractivity contribution in [3.05, 3.63) is 52.3 Å². The van der Waals surface area contributed by atoms with Crippen molar-refractivity contribution in [2.45, 2.75) is 46.1 Å². The number of likely N-dealkylation sites (tertiary alicyclic amines) is 1. The van der Waals surface area contributed by atoms with Crippen molar-refractivity contribution in [2.75, 3.05) is 18.4 Å². The highest BCUT2D eigenvalue weighted by Gasteiger charge is 2.23. The second-order valence-corrected chi connectivity index (χ2v) is 8.65. The number of anilines is 1. The molecule has 0 bridgehead atoms. The second kappa shape index (κ2) is 8.67. The third kappa shape index (κ3) is 4.28. The van der Waals surface area contributed by atoms with Crippen LogP contribution in [-0.4, -0.2) is 44.6 Å². The first-order valence-electron chi connectivity index (χ1n) is 10.6. The average Bonchev–Trinajstić information content (AvgIpc) is 3.16. The first-order valence-corrected chi connectivity index (χ1v) is 11.0. The van der Waals surface area contributed by atoms with Gasteiger partial charge in [-0.15, -0.1) is 0 Å². The van der Waals surface area contributed by atoms with E-state index in [1.54, 1.807) is 37.4 Å². The molecule has 0 unspecified atom stereocenters. The molecular weight excluding hydrogens is 414 g/mol. The molecule has 0 aliphatic carbocycles. The highest BCUT2D eigenvalue weighted by Crippen LogP contribution is 2.26. The van der Waals surface area contributed by atoms with Gasteiger partial charge < -0.3 is 10.2 Å². The van der Waals surface area contributed by atoms with E-state index in [2.05, 4.69) is 15.4 Å². The summed E-state index contributed by atoms with van der Waals surface area (Å²) >= 11 is 6.18. The molecule has 4 rings (SSSR count). The number of hydrogen-bond donors (Lipinski definition) is 1. The lowest BCUT2D eigenvalue weighted by atomic mass is 10.1. The summed E-state index contributed by atoms with van der Waals surface area (Å²) in [6.45, 7) is 7.32. The van der Waals surface area contributed by atoms with Gasteiger partial charge in [0.1, 0.15) is 0 Å². The van der Waals surface area contributed by atoms with Crippen LogP contribution in [-0.2, 0) is 0 Å². The zero-order valence-electron chi connectivity index (χ0n) is 18.0. The normalized spacial score (nSPS) is 14.3. The van der Waals surface area contributed by atoms with Gasteiger partial charge in [0.25, 0.3) is 11.8 Å². The molecule has 0 atom stereocenters. The van der Waals surface area contributed by atoms with Crippen molar-refractivity contribution in [1.29, 1.82) is 0 Å². The van der Waals surface area contributed by atoms with Gasteiger partial charge in [-0.3, -0.25) is 9.59 Å². The lowest BCUT2D eigenvalue weighted by Crippen LogP contribution is -2.36. The van der Waals surface area contributed by atoms with Crippen LogP contribution in [0.15, 0.2) is 30.5 Å². The Morgan fingerprint density at radius 1 is 1.10 bits per heavy atom. The van der Waals surface area contributed by atoms with Crippen molar-refractivity contribution >= 4 is 40.1 Å². The molecule has 3 aromatic rings. The van der Waals surface area contributed by atoms with E-state index in [-0.39, 0.29) is 17.9 Å². The molecule has 1 fully saturated rings. The van der Waals surface area contributed by atoms with Gasteiger partial charge in [0, 0.05) is 29.5 Å². The summed E-state index contributed by atoms with van der Waals surface area (Å²) in [6, 6.07) is 6.92. The summed E-state index contributed by atoms with van der Waals surface area (Å²) in [4.78, 5) is 32.6. The predicted molar refractivity (Wildman–Crippen MR) is 122 cm³/mol. The van der Waals surface area contributed by atoms with Gasteiger partial charge >= 0.3 is 0 Å². The molecule has 8 heteroatoms. The number of fused-ring (bicyclic) bond motifs is 1. The fraction of sp³-hybridized carbons (Fsp3) is 0.391. The Labute approximate surface area is 186 Å². The quantitative estimate of drug-likeness (QED) is 0.630. The van der Waals surface area contributed by atoms with Crippen molar-refractivity contribution in [2.24, 2.45) is 0 Å². The molecule has 1 aromatic carbocycles. The smallest absolute Gasteiger partial charge is 0.257 e. The molecule has 0 radical (unpaired) electrons. The molecule has 2 amide bonds. The van der Waals surface area contributed by atoms with Crippen LogP contribution >= 0.6 is 11.6 Å². The topological polar surface area (TPSA) is 80.1 Å². The number of halogens is 1. The third-order valence-corrected chi connectivity index (χ3v) is 5.83. The second-order valence-electron chi connectivity index (χ2n) is 8.21. The summed E-state index contributed by atoms with van der Waals surface area (Å²) in [5.74, 6) is -0.422. The van der Waals surface area contributed by atoms with Gasteiger partial charge in [-0.25, -0.2) is 9.67 Å². The number of piperidine rings is 1. The standard InChI is InChI=1S/C23H26ClN5O2/c1-14(2)29-21-16(13-25-29)11-19(15(3)26-21)22(30)27-20-12-17(24)7-8-18(20)23(31)28-9-5-4-6-10-28/h7-8,11-14H,4-6,9-10H2,1-3H3,(H,27,30).